The predicted molar refractivity (Wildman–Crippen MR) is 71.9 cm³/mol. The molecule has 0 bridgehead atoms. The Bertz CT molecular complexity index is 527. The van der Waals surface area contributed by atoms with Crippen molar-refractivity contribution in [2.24, 2.45) is 5.92 Å². The van der Waals surface area contributed by atoms with Crippen LogP contribution in [-0.4, -0.2) is 23.0 Å². The van der Waals surface area contributed by atoms with Gasteiger partial charge < -0.3 is 10.6 Å². The first-order chi connectivity index (χ1) is 9.04. The first-order valence-corrected chi connectivity index (χ1v) is 7.19. The summed E-state index contributed by atoms with van der Waals surface area (Å²) in [6.45, 7) is 2.12. The molecule has 4 nitrogen and oxygen atoms in total. The van der Waals surface area contributed by atoms with E-state index in [-0.39, 0.29) is 22.4 Å². The minimum Gasteiger partial charge on any atom is -0.349 e. The number of carbonyl (C=O) groups is 1. The van der Waals surface area contributed by atoms with E-state index in [1.54, 1.807) is 6.92 Å². The van der Waals surface area contributed by atoms with Crippen molar-refractivity contribution in [1.29, 1.82) is 0 Å². The minimum atomic E-state index is -0.384. The number of carbonyl (C=O) groups excluding carboxylic acids is 1. The van der Waals surface area contributed by atoms with Gasteiger partial charge in [0, 0.05) is 6.04 Å². The van der Waals surface area contributed by atoms with Crippen LogP contribution in [0.15, 0.2) is 10.7 Å². The van der Waals surface area contributed by atoms with Crippen molar-refractivity contribution >= 4 is 21.8 Å². The van der Waals surface area contributed by atoms with Gasteiger partial charge in [0.15, 0.2) is 5.82 Å². The van der Waals surface area contributed by atoms with E-state index in [1.165, 1.54) is 12.5 Å². The summed E-state index contributed by atoms with van der Waals surface area (Å²) in [5.41, 5.74) is 1.42. The number of aryl methyl sites for hydroxylation is 1. The number of rotatable bonds is 3. The third-order valence-electron chi connectivity index (χ3n) is 3.85. The van der Waals surface area contributed by atoms with E-state index in [2.05, 4.69) is 31.5 Å². The molecule has 0 radical (unpaired) electrons. The SMILES string of the molecule is Cc1cc(F)c(Br)nc1CNC(=O)C1CC2CC2N1. The largest absolute Gasteiger partial charge is 0.349 e. The smallest absolute Gasteiger partial charge is 0.237 e. The minimum absolute atomic E-state index is 0.00819. The molecule has 0 spiro atoms. The normalized spacial score (nSPS) is 28.1. The summed E-state index contributed by atoms with van der Waals surface area (Å²) in [5, 5.41) is 6.16. The molecule has 1 amide bonds. The van der Waals surface area contributed by atoms with Crippen molar-refractivity contribution in [3.05, 3.63) is 27.7 Å². The summed E-state index contributed by atoms with van der Waals surface area (Å²) in [4.78, 5) is 16.1. The van der Waals surface area contributed by atoms with Crippen LogP contribution in [0, 0.1) is 18.7 Å². The Balaban J connectivity index is 1.59. The molecule has 2 aliphatic rings. The van der Waals surface area contributed by atoms with Gasteiger partial charge in [-0.25, -0.2) is 9.37 Å². The van der Waals surface area contributed by atoms with E-state index in [1.807, 2.05) is 0 Å². The zero-order valence-electron chi connectivity index (χ0n) is 10.5. The fourth-order valence-electron chi connectivity index (χ4n) is 2.59. The van der Waals surface area contributed by atoms with Crippen LogP contribution in [-0.2, 0) is 11.3 Å². The molecule has 102 valence electrons. The molecule has 3 unspecified atom stereocenters. The second kappa shape index (κ2) is 4.83. The van der Waals surface area contributed by atoms with Crippen LogP contribution in [0.4, 0.5) is 4.39 Å². The highest BCUT2D eigenvalue weighted by Crippen LogP contribution is 2.40. The molecule has 2 fully saturated rings. The lowest BCUT2D eigenvalue weighted by atomic mass is 10.1. The van der Waals surface area contributed by atoms with Crippen LogP contribution in [0.25, 0.3) is 0 Å². The molecule has 1 aromatic rings. The molecule has 1 aliphatic heterocycles. The second-order valence-corrected chi connectivity index (χ2v) is 6.05. The van der Waals surface area contributed by atoms with E-state index in [0.717, 1.165) is 12.0 Å². The Morgan fingerprint density at radius 3 is 3.11 bits per heavy atom. The topological polar surface area (TPSA) is 54.0 Å². The number of fused-ring (bicyclic) bond motifs is 1. The number of hydrogen-bond acceptors (Lipinski definition) is 3. The maximum absolute atomic E-state index is 13.2. The summed E-state index contributed by atoms with van der Waals surface area (Å²) in [7, 11) is 0. The summed E-state index contributed by atoms with van der Waals surface area (Å²) >= 11 is 3.06. The molecule has 6 heteroatoms. The highest BCUT2D eigenvalue weighted by atomic mass is 79.9. The van der Waals surface area contributed by atoms with Crippen molar-refractivity contribution in [2.75, 3.05) is 0 Å². The molecular weight excluding hydrogens is 313 g/mol. The highest BCUT2D eigenvalue weighted by molar-refractivity contribution is 9.10. The first-order valence-electron chi connectivity index (χ1n) is 6.40. The molecule has 1 saturated carbocycles. The fraction of sp³-hybridized carbons (Fsp3) is 0.538. The maximum atomic E-state index is 13.2. The van der Waals surface area contributed by atoms with Gasteiger partial charge in [0.25, 0.3) is 0 Å². The van der Waals surface area contributed by atoms with Crippen LogP contribution in [0.1, 0.15) is 24.1 Å². The van der Waals surface area contributed by atoms with Gasteiger partial charge in [0.2, 0.25) is 5.91 Å². The summed E-state index contributed by atoms with van der Waals surface area (Å²) in [6, 6.07) is 1.89. The van der Waals surface area contributed by atoms with Gasteiger partial charge in [-0.3, -0.25) is 4.79 Å². The summed E-state index contributed by atoms with van der Waals surface area (Å²) in [6.07, 6.45) is 2.13. The summed E-state index contributed by atoms with van der Waals surface area (Å²) in [5.74, 6) is 0.314. The van der Waals surface area contributed by atoms with Gasteiger partial charge in [-0.2, -0.15) is 0 Å². The lowest BCUT2D eigenvalue weighted by Crippen LogP contribution is -2.42. The average Bonchev–Trinajstić information content (AvgIpc) is 2.98. The van der Waals surface area contributed by atoms with Gasteiger partial charge in [0.05, 0.1) is 18.3 Å². The van der Waals surface area contributed by atoms with E-state index in [0.29, 0.717) is 24.2 Å². The van der Waals surface area contributed by atoms with Gasteiger partial charge in [0.1, 0.15) is 4.60 Å². The van der Waals surface area contributed by atoms with Crippen molar-refractivity contribution in [1.82, 2.24) is 15.6 Å². The number of nitrogens with zero attached hydrogens (tertiary/aromatic N) is 1. The quantitative estimate of drug-likeness (QED) is 0.830. The molecule has 1 saturated heterocycles. The zero-order chi connectivity index (χ0) is 13.6. The van der Waals surface area contributed by atoms with Crippen LogP contribution >= 0.6 is 15.9 Å². The van der Waals surface area contributed by atoms with Crippen molar-refractivity contribution < 1.29 is 9.18 Å². The lowest BCUT2D eigenvalue weighted by Gasteiger charge is -2.14. The number of piperidine rings is 1. The van der Waals surface area contributed by atoms with E-state index in [9.17, 15) is 9.18 Å². The number of aromatic nitrogens is 1. The van der Waals surface area contributed by atoms with Gasteiger partial charge in [-0.1, -0.05) is 0 Å². The molecule has 1 aromatic heterocycles. The van der Waals surface area contributed by atoms with E-state index in [4.69, 9.17) is 0 Å². The Morgan fingerprint density at radius 1 is 1.63 bits per heavy atom. The Hall–Kier alpha value is -1.01. The van der Waals surface area contributed by atoms with Crippen LogP contribution in [0.5, 0.6) is 0 Å². The van der Waals surface area contributed by atoms with Gasteiger partial charge >= 0.3 is 0 Å². The van der Waals surface area contributed by atoms with Gasteiger partial charge in [-0.05, 0) is 53.2 Å². The first kappa shape index (κ1) is 13.0. The number of hydrogen-bond donors (Lipinski definition) is 2. The third kappa shape index (κ3) is 2.65. The zero-order valence-corrected chi connectivity index (χ0v) is 12.1. The van der Waals surface area contributed by atoms with E-state index >= 15 is 0 Å². The highest BCUT2D eigenvalue weighted by Gasteiger charge is 2.47. The Morgan fingerprint density at radius 2 is 2.42 bits per heavy atom. The number of nitrogens with one attached hydrogen (secondary N) is 2. The van der Waals surface area contributed by atoms with Crippen LogP contribution in [0.2, 0.25) is 0 Å². The van der Waals surface area contributed by atoms with Crippen LogP contribution in [0.3, 0.4) is 0 Å². The maximum Gasteiger partial charge on any atom is 0.237 e. The van der Waals surface area contributed by atoms with Crippen LogP contribution < -0.4 is 10.6 Å². The van der Waals surface area contributed by atoms with E-state index < -0.39 is 0 Å². The molecule has 0 aromatic carbocycles. The average molecular weight is 328 g/mol. The molecular formula is C13H15BrFN3O. The van der Waals surface area contributed by atoms with Crippen molar-refractivity contribution in [3.8, 4) is 0 Å². The molecule has 3 rings (SSSR count). The third-order valence-corrected chi connectivity index (χ3v) is 4.41. The lowest BCUT2D eigenvalue weighted by molar-refractivity contribution is -0.123. The molecule has 2 heterocycles. The number of halogens is 2. The Kier molecular flexibility index (Phi) is 3.30. The fourth-order valence-corrected chi connectivity index (χ4v) is 2.92. The number of pyridine rings is 1. The summed E-state index contributed by atoms with van der Waals surface area (Å²) < 4.78 is 13.4. The monoisotopic (exact) mass is 327 g/mol. The standard InChI is InChI=1S/C13H15BrFN3O/c1-6-2-8(15)12(14)18-11(6)5-16-13(19)10-4-7-3-9(7)17-10/h2,7,9-10,17H,3-5H2,1H3,(H,16,19). The molecule has 2 N–H and O–H groups in total. The van der Waals surface area contributed by atoms with Crippen molar-refractivity contribution in [2.45, 2.75) is 38.4 Å². The molecule has 19 heavy (non-hydrogen) atoms. The molecule has 1 aliphatic carbocycles. The number of amides is 1. The predicted octanol–water partition coefficient (Wildman–Crippen LogP) is 1.66. The molecule has 3 atom stereocenters. The Labute approximate surface area is 119 Å². The van der Waals surface area contributed by atoms with Crippen molar-refractivity contribution in [3.63, 3.8) is 0 Å². The second-order valence-electron chi connectivity index (χ2n) is 5.30. The van der Waals surface area contributed by atoms with Gasteiger partial charge in [-0.15, -0.1) is 0 Å².